The van der Waals surface area contributed by atoms with Crippen LogP contribution in [0.3, 0.4) is 0 Å². The summed E-state index contributed by atoms with van der Waals surface area (Å²) in [6.07, 6.45) is 1.10. The predicted molar refractivity (Wildman–Crippen MR) is 120 cm³/mol. The molecule has 0 N–H and O–H groups in total. The van der Waals surface area contributed by atoms with Gasteiger partial charge in [0.1, 0.15) is 18.2 Å². The van der Waals surface area contributed by atoms with Gasteiger partial charge in [-0.1, -0.05) is 0 Å². The van der Waals surface area contributed by atoms with Crippen molar-refractivity contribution in [1.82, 2.24) is 8.87 Å². The van der Waals surface area contributed by atoms with Crippen LogP contribution >= 0.6 is 0 Å². The van der Waals surface area contributed by atoms with Crippen molar-refractivity contribution in [3.05, 3.63) is 65.4 Å². The second kappa shape index (κ2) is 9.23. The molecule has 6 nitrogen and oxygen atoms in total. The third-order valence-corrected chi connectivity index (χ3v) is 8.15. The number of hydrogen-bond donors (Lipinski definition) is 0. The van der Waals surface area contributed by atoms with Crippen molar-refractivity contribution >= 4 is 26.9 Å². The first-order valence-electron chi connectivity index (χ1n) is 10.9. The molecule has 1 aromatic heterocycles. The Balaban J connectivity index is 1.61. The van der Waals surface area contributed by atoms with Crippen LogP contribution in [0.4, 0.5) is 8.78 Å². The average Bonchev–Trinajstić information content (AvgIpc) is 3.04. The number of carbonyl (C=O) groups excluding carboxylic acids is 1. The molecule has 33 heavy (non-hydrogen) atoms. The van der Waals surface area contributed by atoms with E-state index in [-0.39, 0.29) is 35.8 Å². The van der Waals surface area contributed by atoms with Crippen LogP contribution in [0.5, 0.6) is 0 Å². The van der Waals surface area contributed by atoms with Crippen molar-refractivity contribution in [2.24, 2.45) is 0 Å². The highest BCUT2D eigenvalue weighted by molar-refractivity contribution is 7.89. The van der Waals surface area contributed by atoms with E-state index in [1.165, 1.54) is 28.6 Å². The second-order valence-corrected chi connectivity index (χ2v) is 10.1. The lowest BCUT2D eigenvalue weighted by atomic mass is 9.88. The highest BCUT2D eigenvalue weighted by Gasteiger charge is 2.32. The number of sulfonamides is 1. The summed E-state index contributed by atoms with van der Waals surface area (Å²) in [7, 11) is -3.72. The molecule has 2 heterocycles. The number of esters is 1. The molecule has 9 heteroatoms. The summed E-state index contributed by atoms with van der Waals surface area (Å²) in [5, 5.41) is 0.733. The van der Waals surface area contributed by atoms with Gasteiger partial charge in [0.15, 0.2) is 0 Å². The van der Waals surface area contributed by atoms with E-state index in [0.717, 1.165) is 34.3 Å². The molecule has 0 atom stereocenters. The number of carbonyl (C=O) groups is 1. The Bertz CT molecular complexity index is 1280. The summed E-state index contributed by atoms with van der Waals surface area (Å²) in [5.74, 6) is -1.21. The molecule has 2 aromatic carbocycles. The standard InChI is InChI=1S/C24H26F2N2O4S/c1-3-32-23(29)15-28-16(2)24(21-14-19(26)6-9-22(21)28)17-10-12-27(13-11-17)33(30,31)20-7-4-18(25)5-8-20/h4-9,14,17H,3,10-13,15H2,1-2H3. The summed E-state index contributed by atoms with van der Waals surface area (Å²) in [4.78, 5) is 12.2. The summed E-state index contributed by atoms with van der Waals surface area (Å²) in [6, 6.07) is 9.31. The molecular formula is C24H26F2N2O4S. The van der Waals surface area contributed by atoms with Crippen molar-refractivity contribution in [3.63, 3.8) is 0 Å². The van der Waals surface area contributed by atoms with Crippen LogP contribution in [0.2, 0.25) is 0 Å². The number of ether oxygens (including phenoxy) is 1. The second-order valence-electron chi connectivity index (χ2n) is 8.18. The SMILES string of the molecule is CCOC(=O)Cn1c(C)c(C2CCN(S(=O)(=O)c3ccc(F)cc3)CC2)c2cc(F)ccc21. The van der Waals surface area contributed by atoms with Gasteiger partial charge < -0.3 is 9.30 Å². The molecule has 0 spiro atoms. The Hall–Kier alpha value is -2.78. The molecule has 0 bridgehead atoms. The summed E-state index contributed by atoms with van der Waals surface area (Å²) in [5.41, 5.74) is 2.54. The lowest BCUT2D eigenvalue weighted by Crippen LogP contribution is -2.38. The topological polar surface area (TPSA) is 68.6 Å². The van der Waals surface area contributed by atoms with Gasteiger partial charge in [0.05, 0.1) is 11.5 Å². The Kier molecular flexibility index (Phi) is 6.54. The van der Waals surface area contributed by atoms with E-state index in [1.807, 2.05) is 11.5 Å². The zero-order valence-electron chi connectivity index (χ0n) is 18.6. The molecule has 1 fully saturated rings. The highest BCUT2D eigenvalue weighted by atomic mass is 32.2. The summed E-state index contributed by atoms with van der Waals surface area (Å²) < 4.78 is 61.6. The lowest BCUT2D eigenvalue weighted by Gasteiger charge is -2.31. The monoisotopic (exact) mass is 476 g/mol. The molecular weight excluding hydrogens is 450 g/mol. The van der Waals surface area contributed by atoms with Crippen molar-refractivity contribution in [2.75, 3.05) is 19.7 Å². The Labute approximate surface area is 191 Å². The molecule has 1 aliphatic heterocycles. The van der Waals surface area contributed by atoms with Gasteiger partial charge in [-0.15, -0.1) is 0 Å². The Morgan fingerprint density at radius 2 is 1.70 bits per heavy atom. The molecule has 0 unspecified atom stereocenters. The van der Waals surface area contributed by atoms with E-state index in [2.05, 4.69) is 0 Å². The minimum absolute atomic E-state index is 0.0115. The highest BCUT2D eigenvalue weighted by Crippen LogP contribution is 2.38. The number of piperidine rings is 1. The smallest absolute Gasteiger partial charge is 0.325 e. The largest absolute Gasteiger partial charge is 0.465 e. The van der Waals surface area contributed by atoms with Crippen LogP contribution in [-0.2, 0) is 26.1 Å². The van der Waals surface area contributed by atoms with Crippen LogP contribution in [0, 0.1) is 18.6 Å². The molecule has 0 amide bonds. The number of nitrogens with zero attached hydrogens (tertiary/aromatic N) is 2. The zero-order valence-corrected chi connectivity index (χ0v) is 19.4. The van der Waals surface area contributed by atoms with E-state index in [4.69, 9.17) is 4.74 Å². The van der Waals surface area contributed by atoms with Gasteiger partial charge in [0.2, 0.25) is 10.0 Å². The first-order chi connectivity index (χ1) is 15.7. The third kappa shape index (κ3) is 4.52. The van der Waals surface area contributed by atoms with Gasteiger partial charge in [-0.2, -0.15) is 4.31 Å². The normalized spacial score (nSPS) is 15.8. The molecule has 176 valence electrons. The van der Waals surface area contributed by atoms with Gasteiger partial charge in [-0.3, -0.25) is 4.79 Å². The number of hydrogen-bond acceptors (Lipinski definition) is 4. The van der Waals surface area contributed by atoms with Gasteiger partial charge in [-0.05, 0) is 80.6 Å². The first kappa shape index (κ1) is 23.4. The van der Waals surface area contributed by atoms with E-state index >= 15 is 0 Å². The Morgan fingerprint density at radius 3 is 2.33 bits per heavy atom. The van der Waals surface area contributed by atoms with Crippen molar-refractivity contribution in [3.8, 4) is 0 Å². The van der Waals surface area contributed by atoms with Crippen LogP contribution in [0.1, 0.15) is 36.9 Å². The van der Waals surface area contributed by atoms with Crippen molar-refractivity contribution < 1.29 is 26.7 Å². The zero-order chi connectivity index (χ0) is 23.8. The number of fused-ring (bicyclic) bond motifs is 1. The van der Waals surface area contributed by atoms with Crippen LogP contribution < -0.4 is 0 Å². The maximum atomic E-state index is 14.1. The molecule has 0 aliphatic carbocycles. The molecule has 3 aromatic rings. The predicted octanol–water partition coefficient (Wildman–Crippen LogP) is 4.36. The van der Waals surface area contributed by atoms with Crippen LogP contribution in [-0.4, -0.2) is 43.0 Å². The fourth-order valence-corrected chi connectivity index (χ4v) is 6.15. The van der Waals surface area contributed by atoms with Crippen molar-refractivity contribution in [1.29, 1.82) is 0 Å². The van der Waals surface area contributed by atoms with Crippen LogP contribution in [0.15, 0.2) is 47.4 Å². The molecule has 0 radical (unpaired) electrons. The molecule has 4 rings (SSSR count). The minimum atomic E-state index is -3.72. The molecule has 1 aliphatic rings. The minimum Gasteiger partial charge on any atom is -0.465 e. The van der Waals surface area contributed by atoms with E-state index in [9.17, 15) is 22.0 Å². The van der Waals surface area contributed by atoms with Gasteiger partial charge in [-0.25, -0.2) is 17.2 Å². The van der Waals surface area contributed by atoms with E-state index in [1.54, 1.807) is 13.0 Å². The van der Waals surface area contributed by atoms with E-state index < -0.39 is 15.8 Å². The van der Waals surface area contributed by atoms with Gasteiger partial charge in [0.25, 0.3) is 0 Å². The summed E-state index contributed by atoms with van der Waals surface area (Å²) >= 11 is 0. The Morgan fingerprint density at radius 1 is 1.06 bits per heavy atom. The van der Waals surface area contributed by atoms with E-state index in [0.29, 0.717) is 25.9 Å². The first-order valence-corrected chi connectivity index (χ1v) is 12.4. The number of benzene rings is 2. The quantitative estimate of drug-likeness (QED) is 0.496. The van der Waals surface area contributed by atoms with Crippen molar-refractivity contribution in [2.45, 2.75) is 44.0 Å². The maximum Gasteiger partial charge on any atom is 0.325 e. The van der Waals surface area contributed by atoms with Gasteiger partial charge >= 0.3 is 5.97 Å². The number of halogens is 2. The fourth-order valence-electron chi connectivity index (χ4n) is 4.68. The van der Waals surface area contributed by atoms with Gasteiger partial charge in [0, 0.05) is 29.7 Å². The molecule has 1 saturated heterocycles. The van der Waals surface area contributed by atoms with Crippen LogP contribution in [0.25, 0.3) is 10.9 Å². The summed E-state index contributed by atoms with van der Waals surface area (Å²) in [6.45, 7) is 4.54. The maximum absolute atomic E-state index is 14.1. The third-order valence-electron chi connectivity index (χ3n) is 6.24. The number of rotatable bonds is 6. The number of aromatic nitrogens is 1. The molecule has 0 saturated carbocycles. The fraction of sp³-hybridized carbons (Fsp3) is 0.375. The average molecular weight is 477 g/mol. The lowest BCUT2D eigenvalue weighted by molar-refractivity contribution is -0.143.